The van der Waals surface area contributed by atoms with Crippen molar-refractivity contribution >= 4 is 34.1 Å². The number of anilines is 3. The summed E-state index contributed by atoms with van der Waals surface area (Å²) in [7, 11) is 0. The molecule has 0 amide bonds. The average molecular weight is 834 g/mol. The van der Waals surface area contributed by atoms with Crippen LogP contribution in [0.15, 0.2) is 228 Å². The third-order valence-corrected chi connectivity index (χ3v) is 14.8. The maximum atomic E-state index is 6.57. The minimum atomic E-state index is -0.697. The van der Waals surface area contributed by atoms with Crippen LogP contribution in [0, 0.1) is 5.92 Å². The second-order valence-corrected chi connectivity index (χ2v) is 18.2. The minimum absolute atomic E-state index is 0.432. The van der Waals surface area contributed by atoms with Crippen molar-refractivity contribution < 1.29 is 4.42 Å². The lowest BCUT2D eigenvalue weighted by molar-refractivity contribution is 0.570. The van der Waals surface area contributed by atoms with E-state index in [1.54, 1.807) is 0 Å². The molecule has 2 nitrogen and oxygen atoms in total. The van der Waals surface area contributed by atoms with Crippen molar-refractivity contribution in [2.75, 3.05) is 4.90 Å². The summed E-state index contributed by atoms with van der Waals surface area (Å²) in [6.07, 6.45) is 14.5. The topological polar surface area (TPSA) is 16.4 Å². The zero-order valence-corrected chi connectivity index (χ0v) is 36.4. The van der Waals surface area contributed by atoms with E-state index in [1.807, 2.05) is 0 Å². The Morgan fingerprint density at radius 2 is 1.17 bits per heavy atom. The number of furan rings is 1. The molecule has 0 saturated heterocycles. The fourth-order valence-corrected chi connectivity index (χ4v) is 12.3. The summed E-state index contributed by atoms with van der Waals surface area (Å²) in [6.45, 7) is 2.36. The lowest BCUT2D eigenvalue weighted by Crippen LogP contribution is -2.45. The predicted octanol–water partition coefficient (Wildman–Crippen LogP) is 16.1. The third kappa shape index (κ3) is 5.35. The number of aryl methyl sites for hydroxylation is 1. The Bertz CT molecular complexity index is 3420. The molecule has 4 aliphatic carbocycles. The standard InChI is InChI=1S/C63H47NO/c1-42-19-16-22-45(41-42)63-53-30-10-8-25-49(53)51-28-18-34-57(60(51)63)62(44-20-4-2-5-21-44,54-31-11-12-32-55(54)63)56-33-13-14-35-58(56)64(46-23-6-3-7-24-46)47-39-37-43(38-40-47)48-27-17-29-52-50-26-9-15-36-59(50)65-61(48)52/h2-8,10-25,27-40,42H,9,26,41H2,1H3. The van der Waals surface area contributed by atoms with Crippen molar-refractivity contribution in [1.29, 1.82) is 0 Å². The molecule has 0 radical (unpaired) electrons. The Hall–Kier alpha value is -7.68. The first-order valence-corrected chi connectivity index (χ1v) is 23.2. The van der Waals surface area contributed by atoms with Crippen LogP contribution in [-0.4, -0.2) is 0 Å². The molecule has 1 heterocycles. The molecule has 9 aromatic rings. The lowest BCUT2D eigenvalue weighted by Gasteiger charge is -2.51. The van der Waals surface area contributed by atoms with Crippen molar-refractivity contribution in [3.63, 3.8) is 0 Å². The monoisotopic (exact) mass is 833 g/mol. The third-order valence-electron chi connectivity index (χ3n) is 14.8. The number of allylic oxidation sites excluding steroid dienone is 5. The maximum absolute atomic E-state index is 6.57. The van der Waals surface area contributed by atoms with Gasteiger partial charge in [-0.15, -0.1) is 0 Å². The quantitative estimate of drug-likeness (QED) is 0.159. The van der Waals surface area contributed by atoms with Crippen LogP contribution in [0.2, 0.25) is 0 Å². The largest absolute Gasteiger partial charge is 0.456 e. The van der Waals surface area contributed by atoms with Crippen LogP contribution in [0.25, 0.3) is 39.3 Å². The molecule has 3 unspecified atom stereocenters. The van der Waals surface area contributed by atoms with Gasteiger partial charge in [-0.2, -0.15) is 0 Å². The van der Waals surface area contributed by atoms with E-state index in [0.717, 1.165) is 58.8 Å². The van der Waals surface area contributed by atoms with Crippen LogP contribution in [0.4, 0.5) is 17.1 Å². The van der Waals surface area contributed by atoms with Crippen LogP contribution >= 0.6 is 0 Å². The van der Waals surface area contributed by atoms with Crippen LogP contribution in [-0.2, 0) is 17.3 Å². The maximum Gasteiger partial charge on any atom is 0.142 e. The molecule has 0 saturated carbocycles. The van der Waals surface area contributed by atoms with Gasteiger partial charge in [-0.05, 0) is 117 Å². The highest BCUT2D eigenvalue weighted by atomic mass is 16.3. The van der Waals surface area contributed by atoms with Gasteiger partial charge in [-0.25, -0.2) is 0 Å². The van der Waals surface area contributed by atoms with Gasteiger partial charge in [0.25, 0.3) is 0 Å². The number of hydrogen-bond acceptors (Lipinski definition) is 2. The van der Waals surface area contributed by atoms with Crippen molar-refractivity contribution in [3.8, 4) is 22.3 Å². The molecule has 1 aromatic heterocycles. The first-order valence-electron chi connectivity index (χ1n) is 23.2. The molecule has 0 spiro atoms. The summed E-state index contributed by atoms with van der Waals surface area (Å²) in [5.74, 6) is 1.42. The van der Waals surface area contributed by atoms with Gasteiger partial charge in [0.1, 0.15) is 11.3 Å². The summed E-state index contributed by atoms with van der Waals surface area (Å²) in [5, 5.41) is 1.22. The van der Waals surface area contributed by atoms with E-state index in [0.29, 0.717) is 5.92 Å². The van der Waals surface area contributed by atoms with Crippen LogP contribution in [0.5, 0.6) is 0 Å². The minimum Gasteiger partial charge on any atom is -0.456 e. The number of rotatable bonds is 7. The molecule has 8 aromatic carbocycles. The molecule has 0 N–H and O–H groups in total. The van der Waals surface area contributed by atoms with E-state index in [1.165, 1.54) is 66.6 Å². The molecular formula is C63H47NO. The average Bonchev–Trinajstić information content (AvgIpc) is 3.91. The van der Waals surface area contributed by atoms with Gasteiger partial charge < -0.3 is 9.32 Å². The van der Waals surface area contributed by atoms with Gasteiger partial charge in [0.05, 0.1) is 16.5 Å². The Kier molecular flexibility index (Phi) is 8.55. The van der Waals surface area contributed by atoms with Gasteiger partial charge in [0, 0.05) is 27.9 Å². The van der Waals surface area contributed by atoms with E-state index >= 15 is 0 Å². The summed E-state index contributed by atoms with van der Waals surface area (Å²) in [6, 6.07) is 72.9. The van der Waals surface area contributed by atoms with Crippen LogP contribution in [0.3, 0.4) is 0 Å². The Morgan fingerprint density at radius 1 is 0.538 bits per heavy atom. The number of fused-ring (bicyclic) bond motifs is 8. The highest BCUT2D eigenvalue weighted by Crippen LogP contribution is 2.67. The van der Waals surface area contributed by atoms with Gasteiger partial charge >= 0.3 is 0 Å². The van der Waals surface area contributed by atoms with Crippen molar-refractivity contribution in [2.24, 2.45) is 5.92 Å². The second-order valence-electron chi connectivity index (χ2n) is 18.2. The van der Waals surface area contributed by atoms with Gasteiger partial charge in [-0.1, -0.05) is 201 Å². The number of nitrogens with zero attached hydrogens (tertiary/aromatic N) is 1. The smallest absolute Gasteiger partial charge is 0.142 e. The molecule has 3 atom stereocenters. The van der Waals surface area contributed by atoms with Crippen molar-refractivity contribution in [1.82, 2.24) is 0 Å². The van der Waals surface area contributed by atoms with E-state index < -0.39 is 10.8 Å². The number of hydrogen-bond donors (Lipinski definition) is 0. The summed E-state index contributed by atoms with van der Waals surface area (Å²) in [4.78, 5) is 2.47. The fraction of sp³-hybridized carbons (Fsp3) is 0.111. The normalized spacial score (nSPS) is 19.8. The Labute approximate surface area is 381 Å². The van der Waals surface area contributed by atoms with E-state index in [-0.39, 0.29) is 0 Å². The van der Waals surface area contributed by atoms with Gasteiger partial charge in [0.2, 0.25) is 0 Å². The molecule has 0 fully saturated rings. The molecule has 13 rings (SSSR count). The van der Waals surface area contributed by atoms with Crippen LogP contribution in [0.1, 0.15) is 70.0 Å². The van der Waals surface area contributed by atoms with Crippen molar-refractivity contribution in [2.45, 2.75) is 37.0 Å². The molecule has 0 bridgehead atoms. The second kappa shape index (κ2) is 14.7. The predicted molar refractivity (Wildman–Crippen MR) is 268 cm³/mol. The Balaban J connectivity index is 1.08. The van der Waals surface area contributed by atoms with Crippen LogP contribution < -0.4 is 4.90 Å². The molecule has 2 heteroatoms. The summed E-state index contributed by atoms with van der Waals surface area (Å²) >= 11 is 0. The molecule has 0 aliphatic heterocycles. The zero-order valence-electron chi connectivity index (χ0n) is 36.4. The van der Waals surface area contributed by atoms with Gasteiger partial charge in [0.15, 0.2) is 0 Å². The first kappa shape index (κ1) is 37.8. The summed E-state index contributed by atoms with van der Waals surface area (Å²) in [5.41, 5.74) is 20.1. The highest BCUT2D eigenvalue weighted by molar-refractivity contribution is 5.97. The first-order chi connectivity index (χ1) is 32.2. The highest BCUT2D eigenvalue weighted by Gasteiger charge is 2.58. The fourth-order valence-electron chi connectivity index (χ4n) is 12.3. The van der Waals surface area contributed by atoms with E-state index in [2.05, 4.69) is 236 Å². The number of para-hydroxylation sites is 3. The molecular weight excluding hydrogens is 787 g/mol. The SMILES string of the molecule is CC1C=CC=C(C23c4ccccc4-c4cccc(c42)C(c2ccccc2)(c2ccccc2N(c2ccccc2)c2ccc(-c4cccc5c6c(oc45)C=CCC6)cc2)c2ccccc23)C1. The van der Waals surface area contributed by atoms with Crippen molar-refractivity contribution in [3.05, 3.63) is 274 Å². The molecule has 310 valence electrons. The zero-order chi connectivity index (χ0) is 43.1. The molecule has 65 heavy (non-hydrogen) atoms. The lowest BCUT2D eigenvalue weighted by atomic mass is 9.50. The van der Waals surface area contributed by atoms with E-state index in [9.17, 15) is 0 Å². The number of benzene rings is 8. The van der Waals surface area contributed by atoms with E-state index in [4.69, 9.17) is 4.42 Å². The Morgan fingerprint density at radius 3 is 1.97 bits per heavy atom. The summed E-state index contributed by atoms with van der Waals surface area (Å²) < 4.78 is 6.57. The van der Waals surface area contributed by atoms with Gasteiger partial charge in [-0.3, -0.25) is 0 Å². The molecule has 4 aliphatic rings.